The van der Waals surface area contributed by atoms with E-state index in [2.05, 4.69) is 53.0 Å². The normalized spacial score (nSPS) is 20.4. The summed E-state index contributed by atoms with van der Waals surface area (Å²) < 4.78 is 23.2. The third-order valence-corrected chi connectivity index (χ3v) is 8.11. The molecule has 0 unspecified atom stereocenters. The van der Waals surface area contributed by atoms with Crippen LogP contribution in [0.15, 0.2) is 66.1 Å². The lowest BCUT2D eigenvalue weighted by Gasteiger charge is -2.33. The van der Waals surface area contributed by atoms with Crippen LogP contribution in [0.2, 0.25) is 0 Å². The Labute approximate surface area is 232 Å². The van der Waals surface area contributed by atoms with Crippen LogP contribution in [0.1, 0.15) is 42.9 Å². The third-order valence-electron chi connectivity index (χ3n) is 8.11. The van der Waals surface area contributed by atoms with E-state index < -0.39 is 5.67 Å². The molecule has 3 aromatic heterocycles. The molecule has 4 heterocycles. The Hall–Kier alpha value is -3.89. The van der Waals surface area contributed by atoms with Crippen LogP contribution in [0.3, 0.4) is 0 Å². The number of anilines is 2. The fraction of sp³-hybridized carbons (Fsp3) is 0.400. The molecular formula is C30H34FN7O2. The molecule has 0 radical (unpaired) electrons. The van der Waals surface area contributed by atoms with Crippen LogP contribution in [-0.4, -0.2) is 62.6 Å². The van der Waals surface area contributed by atoms with Gasteiger partial charge in [-0.2, -0.15) is 4.98 Å². The van der Waals surface area contributed by atoms with Crippen molar-refractivity contribution < 1.29 is 9.13 Å². The van der Waals surface area contributed by atoms with Crippen molar-refractivity contribution in [1.29, 1.82) is 0 Å². The summed E-state index contributed by atoms with van der Waals surface area (Å²) in [7, 11) is 4.33. The third kappa shape index (κ3) is 4.82. The molecule has 0 atom stereocenters. The summed E-state index contributed by atoms with van der Waals surface area (Å²) in [6.07, 6.45) is 7.97. The number of ether oxygens (including phenoxy) is 1. The smallest absolute Gasteiger partial charge is 0.278 e. The Kier molecular flexibility index (Phi) is 6.97. The average Bonchev–Trinajstić information content (AvgIpc) is 3.23. The zero-order valence-electron chi connectivity index (χ0n) is 22.9. The van der Waals surface area contributed by atoms with Gasteiger partial charge in [0, 0.05) is 17.9 Å². The monoisotopic (exact) mass is 543 g/mol. The van der Waals surface area contributed by atoms with Gasteiger partial charge in [-0.05, 0) is 75.5 Å². The van der Waals surface area contributed by atoms with Gasteiger partial charge in [0.25, 0.3) is 5.56 Å². The van der Waals surface area contributed by atoms with Crippen molar-refractivity contribution in [2.75, 3.05) is 32.6 Å². The van der Waals surface area contributed by atoms with E-state index in [0.29, 0.717) is 34.8 Å². The molecule has 2 fully saturated rings. The number of fused-ring (bicyclic) bond motifs is 1. The van der Waals surface area contributed by atoms with Crippen molar-refractivity contribution in [2.45, 2.75) is 49.9 Å². The van der Waals surface area contributed by atoms with E-state index in [0.717, 1.165) is 5.69 Å². The molecule has 208 valence electrons. The quantitative estimate of drug-likeness (QED) is 0.323. The molecule has 40 heavy (non-hydrogen) atoms. The summed E-state index contributed by atoms with van der Waals surface area (Å²) >= 11 is 0. The second-order valence-electron chi connectivity index (χ2n) is 11.0. The Balaban J connectivity index is 1.29. The molecular weight excluding hydrogens is 509 g/mol. The number of hydrogen-bond donors (Lipinski definition) is 1. The molecule has 9 nitrogen and oxygen atoms in total. The standard InChI is InChI=1S/C30H34FN7O2/c1-4-16-37-28(39)24-17-32-29(33-22-12-8-20(9-13-22)21-10-14-23(15-11-21)36(2)3)35-27(24)38(37)26-7-5-6-25(34-26)30(31)18-40-19-30/h4-9,12-13,17,21,23H,1,10-11,14-16,18-19H2,2-3H3,(H,32,33,35). The zero-order chi connectivity index (χ0) is 27.9. The molecule has 1 saturated carbocycles. The van der Waals surface area contributed by atoms with E-state index in [1.165, 1.54) is 42.1 Å². The van der Waals surface area contributed by atoms with Crippen LogP contribution in [-0.2, 0) is 17.0 Å². The van der Waals surface area contributed by atoms with Gasteiger partial charge in [0.15, 0.2) is 17.1 Å². The maximum Gasteiger partial charge on any atom is 0.278 e. The molecule has 1 aliphatic carbocycles. The Morgan fingerprint density at radius 1 is 1.12 bits per heavy atom. The van der Waals surface area contributed by atoms with Crippen LogP contribution < -0.4 is 10.9 Å². The second kappa shape index (κ2) is 10.6. The van der Waals surface area contributed by atoms with Crippen LogP contribution >= 0.6 is 0 Å². The number of pyridine rings is 1. The van der Waals surface area contributed by atoms with E-state index >= 15 is 4.39 Å². The molecule has 1 aromatic carbocycles. The first kappa shape index (κ1) is 26.3. The number of allylic oxidation sites excluding steroid dienone is 1. The predicted octanol–water partition coefficient (Wildman–Crippen LogP) is 4.69. The van der Waals surface area contributed by atoms with Crippen molar-refractivity contribution in [3.05, 3.63) is 82.9 Å². The lowest BCUT2D eigenvalue weighted by Crippen LogP contribution is -2.43. The maximum absolute atomic E-state index is 15.1. The number of halogens is 1. The highest BCUT2D eigenvalue weighted by Gasteiger charge is 2.42. The summed E-state index contributed by atoms with van der Waals surface area (Å²) in [6, 6.07) is 14.2. The average molecular weight is 544 g/mol. The van der Waals surface area contributed by atoms with E-state index in [-0.39, 0.29) is 31.0 Å². The van der Waals surface area contributed by atoms with E-state index in [1.54, 1.807) is 29.0 Å². The molecule has 6 rings (SSSR count). The van der Waals surface area contributed by atoms with E-state index in [1.807, 2.05) is 12.1 Å². The molecule has 0 amide bonds. The van der Waals surface area contributed by atoms with Crippen molar-refractivity contribution in [1.82, 2.24) is 29.2 Å². The second-order valence-corrected chi connectivity index (χ2v) is 11.0. The molecule has 1 aliphatic heterocycles. The molecule has 0 spiro atoms. The lowest BCUT2D eigenvalue weighted by molar-refractivity contribution is -0.137. The molecule has 4 aromatic rings. The van der Waals surface area contributed by atoms with E-state index in [9.17, 15) is 4.79 Å². The number of nitrogens with one attached hydrogen (secondary N) is 1. The van der Waals surface area contributed by atoms with E-state index in [4.69, 9.17) is 9.72 Å². The molecule has 10 heteroatoms. The summed E-state index contributed by atoms with van der Waals surface area (Å²) in [5, 5.41) is 3.61. The molecule has 1 N–H and O–H groups in total. The first-order chi connectivity index (χ1) is 19.4. The summed E-state index contributed by atoms with van der Waals surface area (Å²) in [5.74, 6) is 1.31. The first-order valence-corrected chi connectivity index (χ1v) is 13.7. The van der Waals surface area contributed by atoms with Gasteiger partial charge in [0.2, 0.25) is 5.95 Å². The van der Waals surface area contributed by atoms with Gasteiger partial charge < -0.3 is 15.0 Å². The Bertz CT molecular complexity index is 1580. The SMILES string of the molecule is C=CCn1c(=O)c2cnc(Nc3ccc(C4CCC(N(C)C)CC4)cc3)nc2n1-c1cccc(C2(F)COC2)n1. The minimum Gasteiger partial charge on any atom is -0.374 e. The lowest BCUT2D eigenvalue weighted by atomic mass is 9.81. The summed E-state index contributed by atoms with van der Waals surface area (Å²) in [6.45, 7) is 3.93. The Morgan fingerprint density at radius 3 is 2.52 bits per heavy atom. The first-order valence-electron chi connectivity index (χ1n) is 13.7. The number of benzene rings is 1. The minimum absolute atomic E-state index is 0.0400. The van der Waals surface area contributed by atoms with Crippen LogP contribution in [0.5, 0.6) is 0 Å². The highest BCUT2D eigenvalue weighted by Crippen LogP contribution is 2.35. The van der Waals surface area contributed by atoms with Gasteiger partial charge in [0.05, 0.1) is 25.5 Å². The largest absolute Gasteiger partial charge is 0.374 e. The van der Waals surface area contributed by atoms with Crippen molar-refractivity contribution in [2.24, 2.45) is 0 Å². The minimum atomic E-state index is -1.64. The highest BCUT2D eigenvalue weighted by molar-refractivity contribution is 5.77. The number of hydrogen-bond acceptors (Lipinski definition) is 7. The van der Waals surface area contributed by atoms with Crippen LogP contribution in [0.4, 0.5) is 16.0 Å². The Morgan fingerprint density at radius 2 is 1.88 bits per heavy atom. The molecule has 2 aliphatic rings. The van der Waals surface area contributed by atoms with Gasteiger partial charge >= 0.3 is 0 Å². The van der Waals surface area contributed by atoms with Gasteiger partial charge in [-0.3, -0.25) is 4.79 Å². The number of alkyl halides is 1. The predicted molar refractivity (Wildman–Crippen MR) is 153 cm³/mol. The van der Waals surface area contributed by atoms with Gasteiger partial charge in [-0.15, -0.1) is 6.58 Å². The number of rotatable bonds is 8. The molecule has 1 saturated heterocycles. The van der Waals surface area contributed by atoms with Crippen LogP contribution in [0, 0.1) is 0 Å². The van der Waals surface area contributed by atoms with Gasteiger partial charge in [0.1, 0.15) is 5.39 Å². The van der Waals surface area contributed by atoms with Gasteiger partial charge in [-0.25, -0.2) is 23.7 Å². The summed E-state index contributed by atoms with van der Waals surface area (Å²) in [5.41, 5.74) is 0.933. The molecule has 0 bridgehead atoms. The zero-order valence-corrected chi connectivity index (χ0v) is 22.9. The van der Waals surface area contributed by atoms with Crippen molar-refractivity contribution >= 4 is 22.7 Å². The fourth-order valence-corrected chi connectivity index (χ4v) is 5.72. The highest BCUT2D eigenvalue weighted by atomic mass is 19.1. The summed E-state index contributed by atoms with van der Waals surface area (Å²) in [4.78, 5) is 29.2. The number of aromatic nitrogens is 5. The topological polar surface area (TPSA) is 90.1 Å². The maximum atomic E-state index is 15.1. The van der Waals surface area contributed by atoms with Crippen LogP contribution in [0.25, 0.3) is 16.9 Å². The fourth-order valence-electron chi connectivity index (χ4n) is 5.72. The number of nitrogens with zero attached hydrogens (tertiary/aromatic N) is 6. The van der Waals surface area contributed by atoms with Gasteiger partial charge in [-0.1, -0.05) is 24.3 Å². The van der Waals surface area contributed by atoms with Crippen molar-refractivity contribution in [3.63, 3.8) is 0 Å². The van der Waals surface area contributed by atoms with Crippen molar-refractivity contribution in [3.8, 4) is 5.82 Å².